The highest BCUT2D eigenvalue weighted by atomic mass is 32.2. The molecular weight excluding hydrogens is 316 g/mol. The van der Waals surface area contributed by atoms with Crippen LogP contribution in [0.4, 0.5) is 11.4 Å². The Bertz CT molecular complexity index is 717. The standard InChI is InChI=1S/C16H22N2O4S/c1-22-15-6-5-12(9-14(15)18-23(2,20)21)17-16(19)13-8-10-3-4-11(13)7-10/h5-6,9-11,13,18H,3-4,7-8H2,1-2H3,(H,17,19)/t10-,11-,13-/m0/s1. The number of sulfonamides is 1. The first-order valence-electron chi connectivity index (χ1n) is 7.82. The van der Waals surface area contributed by atoms with E-state index in [-0.39, 0.29) is 11.8 Å². The van der Waals surface area contributed by atoms with Crippen LogP contribution in [-0.4, -0.2) is 27.7 Å². The van der Waals surface area contributed by atoms with Gasteiger partial charge in [0.25, 0.3) is 0 Å². The summed E-state index contributed by atoms with van der Waals surface area (Å²) >= 11 is 0. The van der Waals surface area contributed by atoms with Crippen LogP contribution in [0.3, 0.4) is 0 Å². The van der Waals surface area contributed by atoms with Gasteiger partial charge in [-0.2, -0.15) is 0 Å². The lowest BCUT2D eigenvalue weighted by Gasteiger charge is -2.21. The molecule has 0 heterocycles. The van der Waals surface area contributed by atoms with E-state index in [1.54, 1.807) is 18.2 Å². The van der Waals surface area contributed by atoms with Gasteiger partial charge in [0.1, 0.15) is 5.75 Å². The fourth-order valence-corrected chi connectivity index (χ4v) is 4.43. The highest BCUT2D eigenvalue weighted by molar-refractivity contribution is 7.92. The molecule has 2 aliphatic carbocycles. The fourth-order valence-electron chi connectivity index (χ4n) is 3.87. The van der Waals surface area contributed by atoms with Crippen molar-refractivity contribution in [2.75, 3.05) is 23.4 Å². The van der Waals surface area contributed by atoms with Crippen LogP contribution in [0.5, 0.6) is 5.75 Å². The van der Waals surface area contributed by atoms with E-state index in [2.05, 4.69) is 10.0 Å². The van der Waals surface area contributed by atoms with Gasteiger partial charge in [-0.15, -0.1) is 0 Å². The Labute approximate surface area is 136 Å². The van der Waals surface area contributed by atoms with E-state index in [0.29, 0.717) is 29.0 Å². The average Bonchev–Trinajstić information content (AvgIpc) is 3.08. The zero-order valence-electron chi connectivity index (χ0n) is 13.3. The SMILES string of the molecule is COc1ccc(NC(=O)[C@H]2C[C@H]3CC[C@H]2C3)cc1NS(C)(=O)=O. The molecule has 2 N–H and O–H groups in total. The molecular formula is C16H22N2O4S. The minimum absolute atomic E-state index is 0.0349. The van der Waals surface area contributed by atoms with Crippen LogP contribution in [0.25, 0.3) is 0 Å². The molecule has 0 radical (unpaired) electrons. The number of carbonyl (C=O) groups excluding carboxylic acids is 1. The van der Waals surface area contributed by atoms with Crippen LogP contribution in [0.15, 0.2) is 18.2 Å². The monoisotopic (exact) mass is 338 g/mol. The molecule has 1 aromatic rings. The first-order valence-corrected chi connectivity index (χ1v) is 9.71. The number of ether oxygens (including phenoxy) is 1. The lowest BCUT2D eigenvalue weighted by atomic mass is 9.88. The molecule has 23 heavy (non-hydrogen) atoms. The van der Waals surface area contributed by atoms with Gasteiger partial charge in [-0.25, -0.2) is 8.42 Å². The summed E-state index contributed by atoms with van der Waals surface area (Å²) in [6.45, 7) is 0. The number of hydrogen-bond acceptors (Lipinski definition) is 4. The van der Waals surface area contributed by atoms with Gasteiger partial charge in [-0.1, -0.05) is 6.42 Å². The summed E-state index contributed by atoms with van der Waals surface area (Å²) in [6, 6.07) is 4.95. The Hall–Kier alpha value is -1.76. The number of methoxy groups -OCH3 is 1. The van der Waals surface area contributed by atoms with Crippen LogP contribution in [0.1, 0.15) is 25.7 Å². The second-order valence-electron chi connectivity index (χ2n) is 6.56. The molecule has 0 saturated heterocycles. The van der Waals surface area contributed by atoms with Crippen LogP contribution < -0.4 is 14.8 Å². The quantitative estimate of drug-likeness (QED) is 0.863. The third-order valence-electron chi connectivity index (χ3n) is 4.84. The van der Waals surface area contributed by atoms with Crippen molar-refractivity contribution in [3.05, 3.63) is 18.2 Å². The summed E-state index contributed by atoms with van der Waals surface area (Å²) in [7, 11) is -1.95. The Morgan fingerprint density at radius 1 is 1.26 bits per heavy atom. The molecule has 2 fully saturated rings. The average molecular weight is 338 g/mol. The maximum atomic E-state index is 12.5. The lowest BCUT2D eigenvalue weighted by molar-refractivity contribution is -0.121. The van der Waals surface area contributed by atoms with Gasteiger partial charge >= 0.3 is 0 Å². The summed E-state index contributed by atoms with van der Waals surface area (Å²) in [6.07, 6.45) is 5.61. The molecule has 2 bridgehead atoms. The summed E-state index contributed by atoms with van der Waals surface area (Å²) in [5.41, 5.74) is 0.894. The number of anilines is 2. The predicted molar refractivity (Wildman–Crippen MR) is 89.0 cm³/mol. The molecule has 0 unspecified atom stereocenters. The normalized spacial score (nSPS) is 26.1. The van der Waals surface area contributed by atoms with Gasteiger partial charge in [-0.05, 0) is 49.3 Å². The van der Waals surface area contributed by atoms with Crippen LogP contribution in [0.2, 0.25) is 0 Å². The largest absolute Gasteiger partial charge is 0.495 e. The smallest absolute Gasteiger partial charge is 0.229 e. The zero-order valence-corrected chi connectivity index (χ0v) is 14.2. The summed E-state index contributed by atoms with van der Waals surface area (Å²) in [5, 5.41) is 2.92. The highest BCUT2D eigenvalue weighted by Crippen LogP contribution is 2.48. The molecule has 6 nitrogen and oxygen atoms in total. The second kappa shape index (κ2) is 6.03. The topological polar surface area (TPSA) is 84.5 Å². The number of fused-ring (bicyclic) bond motifs is 2. The van der Waals surface area contributed by atoms with Crippen LogP contribution in [-0.2, 0) is 14.8 Å². The number of hydrogen-bond donors (Lipinski definition) is 2. The van der Waals surface area contributed by atoms with Gasteiger partial charge in [0.05, 0.1) is 19.1 Å². The molecule has 3 rings (SSSR count). The highest BCUT2D eigenvalue weighted by Gasteiger charge is 2.43. The van der Waals surface area contributed by atoms with Gasteiger partial charge in [0.2, 0.25) is 15.9 Å². The van der Waals surface area contributed by atoms with E-state index in [4.69, 9.17) is 4.74 Å². The molecule has 0 aliphatic heterocycles. The maximum absolute atomic E-state index is 12.5. The van der Waals surface area contributed by atoms with E-state index in [9.17, 15) is 13.2 Å². The third-order valence-corrected chi connectivity index (χ3v) is 5.43. The van der Waals surface area contributed by atoms with Crippen LogP contribution in [0, 0.1) is 17.8 Å². The lowest BCUT2D eigenvalue weighted by Crippen LogP contribution is -2.27. The van der Waals surface area contributed by atoms with Gasteiger partial charge < -0.3 is 10.1 Å². The van der Waals surface area contributed by atoms with Crippen molar-refractivity contribution in [3.8, 4) is 5.75 Å². The Balaban J connectivity index is 1.75. The molecule has 0 aromatic heterocycles. The number of carbonyl (C=O) groups is 1. The maximum Gasteiger partial charge on any atom is 0.229 e. The number of rotatable bonds is 5. The van der Waals surface area contributed by atoms with Crippen molar-refractivity contribution in [2.45, 2.75) is 25.7 Å². The summed E-state index contributed by atoms with van der Waals surface area (Å²) in [5.74, 6) is 1.74. The Kier molecular flexibility index (Phi) is 4.23. The zero-order chi connectivity index (χ0) is 16.6. The Morgan fingerprint density at radius 3 is 2.61 bits per heavy atom. The first kappa shape index (κ1) is 16.1. The van der Waals surface area contributed by atoms with Crippen molar-refractivity contribution in [2.24, 2.45) is 17.8 Å². The first-order chi connectivity index (χ1) is 10.9. The number of amides is 1. The van der Waals surface area contributed by atoms with Crippen molar-refractivity contribution < 1.29 is 17.9 Å². The number of nitrogens with one attached hydrogen (secondary N) is 2. The van der Waals surface area contributed by atoms with Crippen LogP contribution >= 0.6 is 0 Å². The van der Waals surface area contributed by atoms with Gasteiger partial charge in [0, 0.05) is 11.6 Å². The van der Waals surface area contributed by atoms with E-state index in [0.717, 1.165) is 19.1 Å². The molecule has 1 amide bonds. The van der Waals surface area contributed by atoms with E-state index in [1.807, 2.05) is 0 Å². The van der Waals surface area contributed by atoms with E-state index in [1.165, 1.54) is 20.0 Å². The van der Waals surface area contributed by atoms with Gasteiger partial charge in [0.15, 0.2) is 0 Å². The fraction of sp³-hybridized carbons (Fsp3) is 0.562. The molecule has 1 aromatic carbocycles. The van der Waals surface area contributed by atoms with E-state index < -0.39 is 10.0 Å². The van der Waals surface area contributed by atoms with Crippen molar-refractivity contribution in [1.82, 2.24) is 0 Å². The molecule has 2 saturated carbocycles. The molecule has 126 valence electrons. The minimum atomic E-state index is -3.42. The predicted octanol–water partition coefficient (Wildman–Crippen LogP) is 2.44. The van der Waals surface area contributed by atoms with Gasteiger partial charge in [-0.3, -0.25) is 9.52 Å². The van der Waals surface area contributed by atoms with Crippen molar-refractivity contribution in [1.29, 1.82) is 0 Å². The van der Waals surface area contributed by atoms with Crippen molar-refractivity contribution in [3.63, 3.8) is 0 Å². The molecule has 7 heteroatoms. The number of benzene rings is 1. The third kappa shape index (κ3) is 3.60. The Morgan fingerprint density at radius 2 is 2.04 bits per heavy atom. The molecule has 3 atom stereocenters. The minimum Gasteiger partial charge on any atom is -0.495 e. The molecule has 0 spiro atoms. The summed E-state index contributed by atoms with van der Waals surface area (Å²) in [4.78, 5) is 12.5. The van der Waals surface area contributed by atoms with Crippen molar-refractivity contribution >= 4 is 27.3 Å². The van der Waals surface area contributed by atoms with E-state index >= 15 is 0 Å². The summed E-state index contributed by atoms with van der Waals surface area (Å²) < 4.78 is 30.4. The molecule has 2 aliphatic rings. The second-order valence-corrected chi connectivity index (χ2v) is 8.31.